The first-order valence-corrected chi connectivity index (χ1v) is 8.49. The number of benzene rings is 1. The first kappa shape index (κ1) is 21.7. The summed E-state index contributed by atoms with van der Waals surface area (Å²) in [6.45, 7) is 5.88. The lowest BCUT2D eigenvalue weighted by atomic mass is 10.1. The van der Waals surface area contributed by atoms with Gasteiger partial charge < -0.3 is 20.5 Å². The van der Waals surface area contributed by atoms with Gasteiger partial charge in [0.2, 0.25) is 0 Å². The Kier molecular flexibility index (Phi) is 9.47. The molecule has 6 nitrogen and oxygen atoms in total. The monoisotopic (exact) mass is 379 g/mol. The minimum atomic E-state index is -0.131. The standard InChI is InChI=1S/C19H25N3O3.ClH/c1-3-24-17-6-5-14(11-18(17)25-4-2)7-9-22-19(23)15-8-10-21-16(12-15)13-20;/h5-6,8,10-12H,3-4,7,9,13,20H2,1-2H3,(H,22,23);1H. The van der Waals surface area contributed by atoms with E-state index in [0.717, 1.165) is 17.1 Å². The Morgan fingerprint density at radius 2 is 1.85 bits per heavy atom. The van der Waals surface area contributed by atoms with Crippen molar-refractivity contribution >= 4 is 18.3 Å². The fourth-order valence-electron chi connectivity index (χ4n) is 2.40. The predicted octanol–water partition coefficient (Wildman–Crippen LogP) is 2.73. The van der Waals surface area contributed by atoms with E-state index in [4.69, 9.17) is 15.2 Å². The molecule has 2 aromatic rings. The molecule has 0 bridgehead atoms. The van der Waals surface area contributed by atoms with E-state index in [9.17, 15) is 4.79 Å². The van der Waals surface area contributed by atoms with Gasteiger partial charge in [0.15, 0.2) is 11.5 Å². The number of nitrogens with zero attached hydrogens (tertiary/aromatic N) is 1. The van der Waals surface area contributed by atoms with Crippen molar-refractivity contribution in [1.82, 2.24) is 10.3 Å². The molecule has 1 heterocycles. The first-order chi connectivity index (χ1) is 12.2. The van der Waals surface area contributed by atoms with Gasteiger partial charge in [-0.15, -0.1) is 12.4 Å². The highest BCUT2D eigenvalue weighted by Gasteiger charge is 2.08. The number of hydrogen-bond acceptors (Lipinski definition) is 5. The van der Waals surface area contributed by atoms with Crippen LogP contribution in [0.4, 0.5) is 0 Å². The van der Waals surface area contributed by atoms with E-state index in [1.807, 2.05) is 32.0 Å². The Morgan fingerprint density at radius 3 is 2.54 bits per heavy atom. The second kappa shape index (κ2) is 11.3. The lowest BCUT2D eigenvalue weighted by Gasteiger charge is -2.12. The fraction of sp³-hybridized carbons (Fsp3) is 0.368. The summed E-state index contributed by atoms with van der Waals surface area (Å²) in [6, 6.07) is 9.23. The number of carbonyl (C=O) groups excluding carboxylic acids is 1. The van der Waals surface area contributed by atoms with E-state index in [1.165, 1.54) is 0 Å². The van der Waals surface area contributed by atoms with Gasteiger partial charge in [-0.2, -0.15) is 0 Å². The van der Waals surface area contributed by atoms with Gasteiger partial charge in [0.1, 0.15) is 0 Å². The second-order valence-corrected chi connectivity index (χ2v) is 5.39. The van der Waals surface area contributed by atoms with Crippen LogP contribution in [0.3, 0.4) is 0 Å². The summed E-state index contributed by atoms with van der Waals surface area (Å²) in [6.07, 6.45) is 2.30. The SMILES string of the molecule is CCOc1ccc(CCNC(=O)c2ccnc(CN)c2)cc1OCC.Cl. The summed E-state index contributed by atoms with van der Waals surface area (Å²) in [5.74, 6) is 1.34. The van der Waals surface area contributed by atoms with Crippen molar-refractivity contribution in [2.24, 2.45) is 5.73 Å². The van der Waals surface area contributed by atoms with Gasteiger partial charge in [-0.1, -0.05) is 6.07 Å². The molecule has 2 rings (SSSR count). The van der Waals surface area contributed by atoms with Gasteiger partial charge in [0, 0.05) is 24.8 Å². The molecule has 0 aliphatic rings. The summed E-state index contributed by atoms with van der Waals surface area (Å²) >= 11 is 0. The minimum absolute atomic E-state index is 0. The molecular weight excluding hydrogens is 354 g/mol. The average Bonchev–Trinajstić information content (AvgIpc) is 2.64. The normalized spacial score (nSPS) is 9.96. The molecule has 0 unspecified atom stereocenters. The van der Waals surface area contributed by atoms with E-state index in [-0.39, 0.29) is 18.3 Å². The summed E-state index contributed by atoms with van der Waals surface area (Å²) in [5.41, 5.74) is 7.89. The molecule has 26 heavy (non-hydrogen) atoms. The lowest BCUT2D eigenvalue weighted by molar-refractivity contribution is 0.0954. The van der Waals surface area contributed by atoms with Crippen molar-refractivity contribution in [1.29, 1.82) is 0 Å². The van der Waals surface area contributed by atoms with Crippen LogP contribution in [-0.4, -0.2) is 30.6 Å². The predicted molar refractivity (Wildman–Crippen MR) is 104 cm³/mol. The zero-order chi connectivity index (χ0) is 18.1. The minimum Gasteiger partial charge on any atom is -0.490 e. The quantitative estimate of drug-likeness (QED) is 0.699. The third kappa shape index (κ3) is 6.20. The molecule has 0 fully saturated rings. The third-order valence-corrected chi connectivity index (χ3v) is 3.59. The summed E-state index contributed by atoms with van der Waals surface area (Å²) in [7, 11) is 0. The van der Waals surface area contributed by atoms with Crippen molar-refractivity contribution < 1.29 is 14.3 Å². The van der Waals surface area contributed by atoms with Crippen molar-refractivity contribution in [3.63, 3.8) is 0 Å². The maximum Gasteiger partial charge on any atom is 0.251 e. The number of halogens is 1. The number of carbonyl (C=O) groups is 1. The molecule has 0 aliphatic heterocycles. The van der Waals surface area contributed by atoms with Gasteiger partial charge in [-0.25, -0.2) is 0 Å². The van der Waals surface area contributed by atoms with Crippen LogP contribution in [-0.2, 0) is 13.0 Å². The lowest BCUT2D eigenvalue weighted by Crippen LogP contribution is -2.26. The zero-order valence-electron chi connectivity index (χ0n) is 15.2. The van der Waals surface area contributed by atoms with Crippen molar-refractivity contribution in [3.8, 4) is 11.5 Å². The fourth-order valence-corrected chi connectivity index (χ4v) is 2.40. The molecular formula is C19H26ClN3O3. The molecule has 0 saturated heterocycles. The number of rotatable bonds is 9. The number of pyridine rings is 1. The highest BCUT2D eigenvalue weighted by Crippen LogP contribution is 2.28. The number of ether oxygens (including phenoxy) is 2. The molecule has 1 amide bonds. The van der Waals surface area contributed by atoms with Crippen molar-refractivity contribution in [2.75, 3.05) is 19.8 Å². The molecule has 0 spiro atoms. The van der Waals surface area contributed by atoms with Gasteiger partial charge in [0.05, 0.1) is 18.9 Å². The number of amides is 1. The Labute approximate surface area is 160 Å². The molecule has 3 N–H and O–H groups in total. The summed E-state index contributed by atoms with van der Waals surface area (Å²) < 4.78 is 11.2. The van der Waals surface area contributed by atoms with E-state index >= 15 is 0 Å². The van der Waals surface area contributed by atoms with Crippen molar-refractivity contribution in [3.05, 3.63) is 53.3 Å². The number of nitrogens with two attached hydrogens (primary N) is 1. The molecule has 1 aromatic carbocycles. The third-order valence-electron chi connectivity index (χ3n) is 3.59. The van der Waals surface area contributed by atoms with Gasteiger partial charge in [-0.3, -0.25) is 9.78 Å². The molecule has 1 aromatic heterocycles. The van der Waals surface area contributed by atoms with Gasteiger partial charge >= 0.3 is 0 Å². The number of hydrogen-bond donors (Lipinski definition) is 2. The molecule has 0 saturated carbocycles. The Hall–Kier alpha value is -2.31. The van der Waals surface area contributed by atoms with Gasteiger partial charge in [-0.05, 0) is 50.1 Å². The van der Waals surface area contributed by atoms with E-state index in [0.29, 0.717) is 44.0 Å². The topological polar surface area (TPSA) is 86.5 Å². The van der Waals surface area contributed by atoms with E-state index in [2.05, 4.69) is 10.3 Å². The number of aromatic nitrogens is 1. The maximum absolute atomic E-state index is 12.2. The van der Waals surface area contributed by atoms with Crippen LogP contribution in [0.1, 0.15) is 35.5 Å². The van der Waals surface area contributed by atoms with Crippen LogP contribution in [0, 0.1) is 0 Å². The second-order valence-electron chi connectivity index (χ2n) is 5.39. The van der Waals surface area contributed by atoms with Crippen LogP contribution in [0.15, 0.2) is 36.5 Å². The van der Waals surface area contributed by atoms with E-state index in [1.54, 1.807) is 18.3 Å². The number of nitrogens with one attached hydrogen (secondary N) is 1. The van der Waals surface area contributed by atoms with Crippen molar-refractivity contribution in [2.45, 2.75) is 26.8 Å². The van der Waals surface area contributed by atoms with E-state index < -0.39 is 0 Å². The average molecular weight is 380 g/mol. The summed E-state index contributed by atoms with van der Waals surface area (Å²) in [5, 5.41) is 2.91. The maximum atomic E-state index is 12.2. The zero-order valence-corrected chi connectivity index (χ0v) is 16.0. The van der Waals surface area contributed by atoms with Crippen LogP contribution in [0.2, 0.25) is 0 Å². The highest BCUT2D eigenvalue weighted by molar-refractivity contribution is 5.94. The Balaban J connectivity index is 0.00000338. The highest BCUT2D eigenvalue weighted by atomic mass is 35.5. The molecule has 0 atom stereocenters. The van der Waals surface area contributed by atoms with Crippen LogP contribution in [0.5, 0.6) is 11.5 Å². The Bertz CT molecular complexity index is 710. The van der Waals surface area contributed by atoms with Crippen LogP contribution in [0.25, 0.3) is 0 Å². The smallest absolute Gasteiger partial charge is 0.251 e. The Morgan fingerprint density at radius 1 is 1.12 bits per heavy atom. The van der Waals surface area contributed by atoms with Crippen LogP contribution >= 0.6 is 12.4 Å². The molecule has 7 heteroatoms. The van der Waals surface area contributed by atoms with Gasteiger partial charge in [0.25, 0.3) is 5.91 Å². The molecule has 0 aliphatic carbocycles. The summed E-state index contributed by atoms with van der Waals surface area (Å²) in [4.78, 5) is 16.3. The molecule has 0 radical (unpaired) electrons. The largest absolute Gasteiger partial charge is 0.490 e. The molecule has 142 valence electrons. The first-order valence-electron chi connectivity index (χ1n) is 8.49. The van der Waals surface area contributed by atoms with Crippen LogP contribution < -0.4 is 20.5 Å².